The topological polar surface area (TPSA) is 63.6 Å². The van der Waals surface area contributed by atoms with Gasteiger partial charge in [0.1, 0.15) is 17.2 Å². The molecule has 1 N–H and O–H groups in total. The van der Waals surface area contributed by atoms with Crippen LogP contribution in [0.25, 0.3) is 33.1 Å². The molecule has 0 bridgehead atoms. The molecule has 0 saturated heterocycles. The van der Waals surface area contributed by atoms with Crippen molar-refractivity contribution < 1.29 is 0 Å². The van der Waals surface area contributed by atoms with E-state index in [9.17, 15) is 0 Å². The Morgan fingerprint density at radius 2 is 1.53 bits per heavy atom. The van der Waals surface area contributed by atoms with Crippen LogP contribution in [-0.2, 0) is 0 Å². The molecular formula is C24H17N5S. The van der Waals surface area contributed by atoms with E-state index in [1.807, 2.05) is 60.7 Å². The molecule has 0 atom stereocenters. The molecule has 6 heteroatoms. The van der Waals surface area contributed by atoms with Crippen molar-refractivity contribution >= 4 is 22.8 Å². The molecule has 3 heterocycles. The predicted octanol–water partition coefficient (Wildman–Crippen LogP) is 6.07. The second-order valence-electron chi connectivity index (χ2n) is 6.63. The summed E-state index contributed by atoms with van der Waals surface area (Å²) in [6.45, 7) is 0. The molecular weight excluding hydrogens is 390 g/mol. The Morgan fingerprint density at radius 3 is 2.40 bits per heavy atom. The number of aromatic nitrogens is 4. The maximum atomic E-state index is 4.79. The van der Waals surface area contributed by atoms with E-state index in [1.165, 1.54) is 0 Å². The number of benzene rings is 2. The Kier molecular flexibility index (Phi) is 4.98. The average molecular weight is 408 g/mol. The van der Waals surface area contributed by atoms with Crippen LogP contribution in [0.2, 0.25) is 0 Å². The molecule has 0 amide bonds. The van der Waals surface area contributed by atoms with Gasteiger partial charge in [-0.3, -0.25) is 4.98 Å². The van der Waals surface area contributed by atoms with Gasteiger partial charge in [0.05, 0.1) is 11.4 Å². The smallest absolute Gasteiger partial charge is 0.134 e. The molecule has 0 saturated carbocycles. The molecule has 5 nitrogen and oxygen atoms in total. The molecule has 144 valence electrons. The van der Waals surface area contributed by atoms with Crippen molar-refractivity contribution in [1.82, 2.24) is 19.9 Å². The standard InChI is InChI=1S/C24H17N5S/c1-2-5-17(6-3-1)21-14-23(27-16-26-21)28-20-8-4-7-19(13-20)22-15-30-24(29-22)18-9-11-25-12-10-18/h1-16H,(H,26,27,28). The maximum Gasteiger partial charge on any atom is 0.134 e. The number of nitrogens with one attached hydrogen (secondary N) is 1. The summed E-state index contributed by atoms with van der Waals surface area (Å²) < 4.78 is 0. The SMILES string of the molecule is c1ccc(-c2cc(Nc3cccc(-c4csc(-c5ccncc5)n4)c3)ncn2)cc1. The highest BCUT2D eigenvalue weighted by molar-refractivity contribution is 7.13. The Hall–Kier alpha value is -3.90. The third kappa shape index (κ3) is 3.94. The lowest BCUT2D eigenvalue weighted by atomic mass is 10.1. The Balaban J connectivity index is 1.39. The molecule has 0 spiro atoms. The van der Waals surface area contributed by atoms with Gasteiger partial charge < -0.3 is 5.32 Å². The zero-order valence-corrected chi connectivity index (χ0v) is 16.8. The van der Waals surface area contributed by atoms with Crippen molar-refractivity contribution in [3.63, 3.8) is 0 Å². The first-order chi connectivity index (χ1) is 14.8. The normalized spacial score (nSPS) is 10.7. The summed E-state index contributed by atoms with van der Waals surface area (Å²) in [6, 6.07) is 24.1. The van der Waals surface area contributed by atoms with Crippen molar-refractivity contribution in [2.75, 3.05) is 5.32 Å². The van der Waals surface area contributed by atoms with Gasteiger partial charge >= 0.3 is 0 Å². The lowest BCUT2D eigenvalue weighted by Crippen LogP contribution is -1.95. The minimum absolute atomic E-state index is 0.747. The zero-order valence-electron chi connectivity index (χ0n) is 15.9. The summed E-state index contributed by atoms with van der Waals surface area (Å²) in [5.74, 6) is 0.747. The fourth-order valence-corrected chi connectivity index (χ4v) is 3.97. The number of hydrogen-bond donors (Lipinski definition) is 1. The summed E-state index contributed by atoms with van der Waals surface area (Å²) in [5, 5.41) is 6.44. The Morgan fingerprint density at radius 1 is 0.700 bits per heavy atom. The van der Waals surface area contributed by atoms with Crippen molar-refractivity contribution in [1.29, 1.82) is 0 Å². The van der Waals surface area contributed by atoms with Gasteiger partial charge in [-0.25, -0.2) is 15.0 Å². The van der Waals surface area contributed by atoms with E-state index in [0.717, 1.165) is 44.6 Å². The summed E-state index contributed by atoms with van der Waals surface area (Å²) >= 11 is 1.63. The molecule has 2 aromatic carbocycles. The highest BCUT2D eigenvalue weighted by Crippen LogP contribution is 2.30. The van der Waals surface area contributed by atoms with Crippen LogP contribution in [0.4, 0.5) is 11.5 Å². The van der Waals surface area contributed by atoms with Gasteiger partial charge in [-0.05, 0) is 24.3 Å². The third-order valence-electron chi connectivity index (χ3n) is 4.60. The largest absolute Gasteiger partial charge is 0.340 e. The number of anilines is 2. The van der Waals surface area contributed by atoms with E-state index in [2.05, 4.69) is 37.8 Å². The van der Waals surface area contributed by atoms with Crippen molar-refractivity contribution in [2.24, 2.45) is 0 Å². The number of thiazole rings is 1. The van der Waals surface area contributed by atoms with E-state index in [-0.39, 0.29) is 0 Å². The molecule has 0 radical (unpaired) electrons. The number of rotatable bonds is 5. The lowest BCUT2D eigenvalue weighted by molar-refractivity contribution is 1.17. The van der Waals surface area contributed by atoms with Crippen LogP contribution >= 0.6 is 11.3 Å². The molecule has 5 rings (SSSR count). The predicted molar refractivity (Wildman–Crippen MR) is 122 cm³/mol. The van der Waals surface area contributed by atoms with Crippen LogP contribution in [0.15, 0.2) is 96.9 Å². The summed E-state index contributed by atoms with van der Waals surface area (Å²) in [7, 11) is 0. The number of pyridine rings is 1. The van der Waals surface area contributed by atoms with Gasteiger partial charge in [-0.1, -0.05) is 42.5 Å². The van der Waals surface area contributed by atoms with Crippen LogP contribution in [0.1, 0.15) is 0 Å². The monoisotopic (exact) mass is 407 g/mol. The van der Waals surface area contributed by atoms with Gasteiger partial charge in [0.25, 0.3) is 0 Å². The fourth-order valence-electron chi connectivity index (χ4n) is 3.13. The quantitative estimate of drug-likeness (QED) is 0.383. The molecule has 0 aliphatic rings. The van der Waals surface area contributed by atoms with Gasteiger partial charge in [0.2, 0.25) is 0 Å². The van der Waals surface area contributed by atoms with Crippen LogP contribution < -0.4 is 5.32 Å². The second kappa shape index (κ2) is 8.23. The fraction of sp³-hybridized carbons (Fsp3) is 0. The van der Waals surface area contributed by atoms with E-state index in [0.29, 0.717) is 0 Å². The minimum Gasteiger partial charge on any atom is -0.340 e. The van der Waals surface area contributed by atoms with E-state index >= 15 is 0 Å². The zero-order chi connectivity index (χ0) is 20.2. The molecule has 0 aliphatic carbocycles. The molecule has 5 aromatic rings. The molecule has 0 unspecified atom stereocenters. The van der Waals surface area contributed by atoms with Crippen molar-refractivity contribution in [3.8, 4) is 33.1 Å². The highest BCUT2D eigenvalue weighted by atomic mass is 32.1. The first-order valence-electron chi connectivity index (χ1n) is 9.46. The number of nitrogens with zero attached hydrogens (tertiary/aromatic N) is 4. The molecule has 3 aromatic heterocycles. The van der Waals surface area contributed by atoms with Crippen LogP contribution in [0.3, 0.4) is 0 Å². The Labute approximate surface area is 178 Å². The van der Waals surface area contributed by atoms with Gasteiger partial charge in [-0.2, -0.15) is 0 Å². The first kappa shape index (κ1) is 18.1. The van der Waals surface area contributed by atoms with Gasteiger partial charge in [0, 0.05) is 46.2 Å². The summed E-state index contributed by atoms with van der Waals surface area (Å²) in [5.41, 5.74) is 5.96. The third-order valence-corrected chi connectivity index (χ3v) is 5.49. The van der Waals surface area contributed by atoms with Crippen LogP contribution in [-0.4, -0.2) is 19.9 Å². The highest BCUT2D eigenvalue weighted by Gasteiger charge is 2.08. The summed E-state index contributed by atoms with van der Waals surface area (Å²) in [4.78, 5) is 17.6. The average Bonchev–Trinajstić information content (AvgIpc) is 3.31. The van der Waals surface area contributed by atoms with Gasteiger partial charge in [-0.15, -0.1) is 11.3 Å². The van der Waals surface area contributed by atoms with Crippen molar-refractivity contribution in [2.45, 2.75) is 0 Å². The minimum atomic E-state index is 0.747. The van der Waals surface area contributed by atoms with Crippen LogP contribution in [0, 0.1) is 0 Å². The van der Waals surface area contributed by atoms with E-state index in [4.69, 9.17) is 4.98 Å². The van der Waals surface area contributed by atoms with Gasteiger partial charge in [0.15, 0.2) is 0 Å². The number of hydrogen-bond acceptors (Lipinski definition) is 6. The second-order valence-corrected chi connectivity index (χ2v) is 7.49. The van der Waals surface area contributed by atoms with Crippen molar-refractivity contribution in [3.05, 3.63) is 96.9 Å². The van der Waals surface area contributed by atoms with E-state index in [1.54, 1.807) is 30.1 Å². The Bertz CT molecular complexity index is 1270. The maximum absolute atomic E-state index is 4.79. The first-order valence-corrected chi connectivity index (χ1v) is 10.3. The summed E-state index contributed by atoms with van der Waals surface area (Å²) in [6.07, 6.45) is 5.15. The van der Waals surface area contributed by atoms with Crippen LogP contribution in [0.5, 0.6) is 0 Å². The molecule has 0 fully saturated rings. The molecule has 30 heavy (non-hydrogen) atoms. The van der Waals surface area contributed by atoms with E-state index < -0.39 is 0 Å². The lowest BCUT2D eigenvalue weighted by Gasteiger charge is -2.08. The molecule has 0 aliphatic heterocycles.